The number of aryl methyl sites for hydroxylation is 1. The van der Waals surface area contributed by atoms with Gasteiger partial charge in [0.25, 0.3) is 10.0 Å². The molecule has 0 unspecified atom stereocenters. The molecule has 0 amide bonds. The van der Waals surface area contributed by atoms with Crippen LogP contribution in [0.25, 0.3) is 0 Å². The molecule has 2 rings (SSSR count). The molecule has 0 aliphatic carbocycles. The summed E-state index contributed by atoms with van der Waals surface area (Å²) in [6.07, 6.45) is 0. The zero-order valence-electron chi connectivity index (χ0n) is 13.3. The third kappa shape index (κ3) is 3.09. The van der Waals surface area contributed by atoms with Crippen LogP contribution in [0.15, 0.2) is 47.4 Å². The molecule has 0 saturated heterocycles. The Labute approximate surface area is 132 Å². The Morgan fingerprint density at radius 2 is 1.68 bits per heavy atom. The van der Waals surface area contributed by atoms with Crippen LogP contribution in [-0.4, -0.2) is 22.1 Å². The van der Waals surface area contributed by atoms with Crippen LogP contribution in [0.5, 0.6) is 5.75 Å². The molecule has 22 heavy (non-hydrogen) atoms. The maximum Gasteiger partial charge on any atom is 0.264 e. The fourth-order valence-corrected chi connectivity index (χ4v) is 3.49. The van der Waals surface area contributed by atoms with Gasteiger partial charge in [-0.15, -0.1) is 0 Å². The Bertz CT molecular complexity index is 752. The highest BCUT2D eigenvalue weighted by Crippen LogP contribution is 2.27. The average Bonchev–Trinajstić information content (AvgIpc) is 2.50. The predicted molar refractivity (Wildman–Crippen MR) is 89.1 cm³/mol. The highest BCUT2D eigenvalue weighted by molar-refractivity contribution is 7.92. The molecule has 0 saturated carbocycles. The van der Waals surface area contributed by atoms with Crippen LogP contribution >= 0.6 is 0 Å². The number of ether oxygens (including phenoxy) is 1. The summed E-state index contributed by atoms with van der Waals surface area (Å²) >= 11 is 0. The second kappa shape index (κ2) is 6.40. The summed E-state index contributed by atoms with van der Waals surface area (Å²) in [4.78, 5) is 0.249. The fourth-order valence-electron chi connectivity index (χ4n) is 2.24. The molecule has 0 N–H and O–H groups in total. The quantitative estimate of drug-likeness (QED) is 0.847. The molecular formula is C17H21NO3S. The van der Waals surface area contributed by atoms with Crippen molar-refractivity contribution in [2.75, 3.05) is 18.0 Å². The summed E-state index contributed by atoms with van der Waals surface area (Å²) in [7, 11) is -2.01. The van der Waals surface area contributed by atoms with Crippen molar-refractivity contribution in [3.8, 4) is 5.75 Å². The lowest BCUT2D eigenvalue weighted by atomic mass is 10.1. The van der Waals surface area contributed by atoms with E-state index >= 15 is 0 Å². The first-order chi connectivity index (χ1) is 10.4. The number of benzene rings is 2. The van der Waals surface area contributed by atoms with Crippen molar-refractivity contribution in [3.05, 3.63) is 53.6 Å². The van der Waals surface area contributed by atoms with E-state index in [2.05, 4.69) is 0 Å². The van der Waals surface area contributed by atoms with Crippen LogP contribution < -0.4 is 9.04 Å². The van der Waals surface area contributed by atoms with Gasteiger partial charge < -0.3 is 4.74 Å². The maximum absolute atomic E-state index is 12.8. The van der Waals surface area contributed by atoms with E-state index in [-0.39, 0.29) is 4.90 Å². The van der Waals surface area contributed by atoms with Crippen molar-refractivity contribution in [2.24, 2.45) is 0 Å². The predicted octanol–water partition coefficient (Wildman–Crippen LogP) is 3.53. The highest BCUT2D eigenvalue weighted by Gasteiger charge is 2.22. The number of rotatable bonds is 5. The SMILES string of the molecule is CCOc1ccc(S(=O)(=O)N(C)c2cccc(C)c2C)cc1. The molecule has 5 heteroatoms. The number of nitrogens with zero attached hydrogens (tertiary/aromatic N) is 1. The van der Waals surface area contributed by atoms with E-state index < -0.39 is 10.0 Å². The van der Waals surface area contributed by atoms with Crippen LogP contribution in [0.3, 0.4) is 0 Å². The first-order valence-electron chi connectivity index (χ1n) is 7.16. The van der Waals surface area contributed by atoms with Gasteiger partial charge in [-0.1, -0.05) is 12.1 Å². The van der Waals surface area contributed by atoms with Gasteiger partial charge in [0.1, 0.15) is 5.75 Å². The molecule has 0 radical (unpaired) electrons. The molecule has 0 aromatic heterocycles. The summed E-state index contributed by atoms with van der Waals surface area (Å²) in [5.41, 5.74) is 2.71. The van der Waals surface area contributed by atoms with Crippen molar-refractivity contribution in [3.63, 3.8) is 0 Å². The zero-order valence-corrected chi connectivity index (χ0v) is 14.1. The van der Waals surface area contributed by atoms with Crippen molar-refractivity contribution in [2.45, 2.75) is 25.7 Å². The molecule has 0 spiro atoms. The van der Waals surface area contributed by atoms with Crippen LogP contribution in [0.2, 0.25) is 0 Å². The highest BCUT2D eigenvalue weighted by atomic mass is 32.2. The monoisotopic (exact) mass is 319 g/mol. The minimum atomic E-state index is -3.59. The fraction of sp³-hybridized carbons (Fsp3) is 0.294. The summed E-state index contributed by atoms with van der Waals surface area (Å²) in [5, 5.41) is 0. The standard InChI is InChI=1S/C17H21NO3S/c1-5-21-15-9-11-16(12-10-15)22(19,20)18(4)17-8-6-7-13(2)14(17)3/h6-12H,5H2,1-4H3. The molecule has 0 heterocycles. The summed E-state index contributed by atoms with van der Waals surface area (Å²) in [6.45, 7) is 6.33. The average molecular weight is 319 g/mol. The second-order valence-electron chi connectivity index (χ2n) is 5.10. The lowest BCUT2D eigenvalue weighted by molar-refractivity contribution is 0.340. The van der Waals surface area contributed by atoms with Gasteiger partial charge in [-0.25, -0.2) is 8.42 Å². The minimum Gasteiger partial charge on any atom is -0.494 e. The molecule has 0 bridgehead atoms. The molecule has 4 nitrogen and oxygen atoms in total. The molecular weight excluding hydrogens is 298 g/mol. The van der Waals surface area contributed by atoms with E-state index in [1.54, 1.807) is 31.3 Å². The van der Waals surface area contributed by atoms with E-state index in [0.717, 1.165) is 11.1 Å². The summed E-state index contributed by atoms with van der Waals surface area (Å²) in [5.74, 6) is 0.663. The second-order valence-corrected chi connectivity index (χ2v) is 7.07. The normalized spacial score (nSPS) is 11.3. The third-order valence-electron chi connectivity index (χ3n) is 3.71. The molecule has 0 fully saturated rings. The molecule has 0 atom stereocenters. The number of hydrogen-bond acceptors (Lipinski definition) is 3. The summed E-state index contributed by atoms with van der Waals surface area (Å²) in [6, 6.07) is 12.1. The Balaban J connectivity index is 2.39. The maximum atomic E-state index is 12.8. The number of sulfonamides is 1. The molecule has 2 aromatic rings. The Morgan fingerprint density at radius 3 is 2.27 bits per heavy atom. The topological polar surface area (TPSA) is 46.6 Å². The molecule has 0 aliphatic rings. The van der Waals surface area contributed by atoms with Crippen LogP contribution in [0.1, 0.15) is 18.1 Å². The number of hydrogen-bond donors (Lipinski definition) is 0. The molecule has 2 aromatic carbocycles. The van der Waals surface area contributed by atoms with Gasteiger partial charge in [-0.2, -0.15) is 0 Å². The van der Waals surface area contributed by atoms with Gasteiger partial charge in [-0.05, 0) is 62.2 Å². The van der Waals surface area contributed by atoms with Crippen LogP contribution in [-0.2, 0) is 10.0 Å². The van der Waals surface area contributed by atoms with E-state index in [0.29, 0.717) is 18.0 Å². The Kier molecular flexibility index (Phi) is 4.76. The van der Waals surface area contributed by atoms with Crippen LogP contribution in [0, 0.1) is 13.8 Å². The largest absolute Gasteiger partial charge is 0.494 e. The van der Waals surface area contributed by atoms with Crippen molar-refractivity contribution in [1.29, 1.82) is 0 Å². The van der Waals surface area contributed by atoms with Gasteiger partial charge in [0.15, 0.2) is 0 Å². The van der Waals surface area contributed by atoms with Gasteiger partial charge in [0.05, 0.1) is 17.2 Å². The summed E-state index contributed by atoms with van der Waals surface area (Å²) < 4.78 is 32.2. The third-order valence-corrected chi connectivity index (χ3v) is 5.49. The molecule has 0 aliphatic heterocycles. The first kappa shape index (κ1) is 16.4. The molecule has 118 valence electrons. The van der Waals surface area contributed by atoms with Crippen molar-refractivity contribution < 1.29 is 13.2 Å². The Morgan fingerprint density at radius 1 is 1.05 bits per heavy atom. The zero-order chi connectivity index (χ0) is 16.3. The Hall–Kier alpha value is -2.01. The van der Waals surface area contributed by atoms with Gasteiger partial charge >= 0.3 is 0 Å². The van der Waals surface area contributed by atoms with Gasteiger partial charge in [0, 0.05) is 7.05 Å². The van der Waals surface area contributed by atoms with Crippen LogP contribution in [0.4, 0.5) is 5.69 Å². The van der Waals surface area contributed by atoms with E-state index in [9.17, 15) is 8.42 Å². The lowest BCUT2D eigenvalue weighted by Gasteiger charge is -2.22. The van der Waals surface area contributed by atoms with Crippen molar-refractivity contribution >= 4 is 15.7 Å². The lowest BCUT2D eigenvalue weighted by Crippen LogP contribution is -2.27. The van der Waals surface area contributed by atoms with E-state index in [1.165, 1.54) is 4.31 Å². The first-order valence-corrected chi connectivity index (χ1v) is 8.60. The smallest absolute Gasteiger partial charge is 0.264 e. The van der Waals surface area contributed by atoms with Gasteiger partial charge in [0.2, 0.25) is 0 Å². The van der Waals surface area contributed by atoms with Crippen molar-refractivity contribution in [1.82, 2.24) is 0 Å². The number of anilines is 1. The van der Waals surface area contributed by atoms with E-state index in [4.69, 9.17) is 4.74 Å². The van der Waals surface area contributed by atoms with E-state index in [1.807, 2.05) is 39.0 Å². The van der Waals surface area contributed by atoms with Gasteiger partial charge in [-0.3, -0.25) is 4.31 Å². The minimum absolute atomic E-state index is 0.249.